The standard InChI is InChI=1S/C22H43N3O2/c1-3-5-7-9-11-13-15-25(16-14-12-10-8-6-4-2)22(27)20-18-24-17-19(20)21(23)26/h19-20,24H,3-18H2,1-2H3,(H2,23,26). The van der Waals surface area contributed by atoms with Crippen molar-refractivity contribution in [1.29, 1.82) is 0 Å². The number of nitrogens with one attached hydrogen (secondary N) is 1. The number of hydrogen-bond acceptors (Lipinski definition) is 3. The number of amides is 2. The molecule has 1 heterocycles. The van der Waals surface area contributed by atoms with E-state index in [0.29, 0.717) is 13.1 Å². The van der Waals surface area contributed by atoms with Crippen LogP contribution in [0.15, 0.2) is 0 Å². The Morgan fingerprint density at radius 2 is 1.22 bits per heavy atom. The monoisotopic (exact) mass is 381 g/mol. The quantitative estimate of drug-likeness (QED) is 0.399. The summed E-state index contributed by atoms with van der Waals surface area (Å²) < 4.78 is 0. The van der Waals surface area contributed by atoms with E-state index in [2.05, 4.69) is 19.2 Å². The molecule has 0 aromatic rings. The highest BCUT2D eigenvalue weighted by Crippen LogP contribution is 2.20. The van der Waals surface area contributed by atoms with E-state index in [1.807, 2.05) is 4.90 Å². The largest absolute Gasteiger partial charge is 0.369 e. The molecule has 1 aliphatic heterocycles. The number of carbonyl (C=O) groups is 2. The molecule has 1 aliphatic rings. The van der Waals surface area contributed by atoms with Crippen LogP contribution in [0.5, 0.6) is 0 Å². The lowest BCUT2D eigenvalue weighted by molar-refractivity contribution is -0.139. The summed E-state index contributed by atoms with van der Waals surface area (Å²) in [5.74, 6) is -0.847. The van der Waals surface area contributed by atoms with Crippen molar-refractivity contribution in [2.75, 3.05) is 26.2 Å². The third kappa shape index (κ3) is 9.59. The Bertz CT molecular complexity index is 398. The maximum atomic E-state index is 13.1. The molecule has 3 N–H and O–H groups in total. The molecular formula is C22H43N3O2. The van der Waals surface area contributed by atoms with Gasteiger partial charge in [0.2, 0.25) is 11.8 Å². The van der Waals surface area contributed by atoms with Gasteiger partial charge in [-0.2, -0.15) is 0 Å². The van der Waals surface area contributed by atoms with Gasteiger partial charge < -0.3 is 16.0 Å². The van der Waals surface area contributed by atoms with Crippen molar-refractivity contribution in [2.24, 2.45) is 17.6 Å². The third-order valence-electron chi connectivity index (χ3n) is 5.77. The van der Waals surface area contributed by atoms with Crippen LogP contribution in [-0.4, -0.2) is 42.9 Å². The van der Waals surface area contributed by atoms with Crippen LogP contribution < -0.4 is 11.1 Å². The van der Waals surface area contributed by atoms with Crippen molar-refractivity contribution in [1.82, 2.24) is 10.2 Å². The van der Waals surface area contributed by atoms with Gasteiger partial charge in [0.25, 0.3) is 0 Å². The molecule has 1 rings (SSSR count). The van der Waals surface area contributed by atoms with Gasteiger partial charge in [-0.15, -0.1) is 0 Å². The molecule has 1 saturated heterocycles. The highest BCUT2D eigenvalue weighted by molar-refractivity contribution is 5.88. The van der Waals surface area contributed by atoms with Gasteiger partial charge in [-0.25, -0.2) is 0 Å². The summed E-state index contributed by atoms with van der Waals surface area (Å²) in [6.45, 7) is 7.21. The van der Waals surface area contributed by atoms with Gasteiger partial charge in [0, 0.05) is 26.2 Å². The van der Waals surface area contributed by atoms with Crippen LogP contribution in [0, 0.1) is 11.8 Å². The predicted molar refractivity (Wildman–Crippen MR) is 112 cm³/mol. The van der Waals surface area contributed by atoms with Crippen molar-refractivity contribution in [3.8, 4) is 0 Å². The number of unbranched alkanes of at least 4 members (excludes halogenated alkanes) is 10. The number of carbonyl (C=O) groups excluding carboxylic acids is 2. The summed E-state index contributed by atoms with van der Waals surface area (Å²) in [6, 6.07) is 0. The summed E-state index contributed by atoms with van der Waals surface area (Å²) in [5.41, 5.74) is 5.51. The van der Waals surface area contributed by atoms with Crippen LogP contribution in [0.2, 0.25) is 0 Å². The zero-order valence-corrected chi connectivity index (χ0v) is 17.8. The summed E-state index contributed by atoms with van der Waals surface area (Å²) in [7, 11) is 0. The summed E-state index contributed by atoms with van der Waals surface area (Å²) >= 11 is 0. The SMILES string of the molecule is CCCCCCCCN(CCCCCCCC)C(=O)C1CNCC1C(N)=O. The molecule has 27 heavy (non-hydrogen) atoms. The lowest BCUT2D eigenvalue weighted by atomic mass is 9.93. The van der Waals surface area contributed by atoms with Crippen molar-refractivity contribution in [2.45, 2.75) is 90.9 Å². The van der Waals surface area contributed by atoms with Crippen LogP contribution in [0.1, 0.15) is 90.9 Å². The first-order chi connectivity index (χ1) is 13.1. The third-order valence-corrected chi connectivity index (χ3v) is 5.77. The molecular weight excluding hydrogens is 338 g/mol. The number of nitrogens with zero attached hydrogens (tertiary/aromatic N) is 1. The van der Waals surface area contributed by atoms with Gasteiger partial charge >= 0.3 is 0 Å². The van der Waals surface area contributed by atoms with Crippen LogP contribution >= 0.6 is 0 Å². The Morgan fingerprint density at radius 3 is 1.70 bits per heavy atom. The van der Waals surface area contributed by atoms with E-state index in [-0.39, 0.29) is 23.7 Å². The first-order valence-corrected chi connectivity index (χ1v) is 11.4. The van der Waals surface area contributed by atoms with Crippen LogP contribution in [0.25, 0.3) is 0 Å². The molecule has 0 aromatic heterocycles. The van der Waals surface area contributed by atoms with Gasteiger partial charge in [0.1, 0.15) is 0 Å². The van der Waals surface area contributed by atoms with E-state index in [4.69, 9.17) is 5.73 Å². The first kappa shape index (κ1) is 23.9. The minimum Gasteiger partial charge on any atom is -0.369 e. The molecule has 0 spiro atoms. The molecule has 1 fully saturated rings. The fourth-order valence-electron chi connectivity index (χ4n) is 3.97. The Kier molecular flexibility index (Phi) is 13.2. The molecule has 2 atom stereocenters. The maximum absolute atomic E-state index is 13.1. The van der Waals surface area contributed by atoms with Crippen molar-refractivity contribution < 1.29 is 9.59 Å². The average Bonchev–Trinajstić information content (AvgIpc) is 3.15. The predicted octanol–water partition coefficient (Wildman–Crippen LogP) is 3.86. The van der Waals surface area contributed by atoms with Crippen molar-refractivity contribution in [3.63, 3.8) is 0 Å². The van der Waals surface area contributed by atoms with E-state index in [1.54, 1.807) is 0 Å². The zero-order valence-electron chi connectivity index (χ0n) is 17.8. The topological polar surface area (TPSA) is 75.4 Å². The number of nitrogens with two attached hydrogens (primary N) is 1. The molecule has 2 amide bonds. The van der Waals surface area contributed by atoms with Crippen LogP contribution in [0.4, 0.5) is 0 Å². The fraction of sp³-hybridized carbons (Fsp3) is 0.909. The second-order valence-corrected chi connectivity index (χ2v) is 8.13. The molecule has 158 valence electrons. The lowest BCUT2D eigenvalue weighted by Gasteiger charge is -2.27. The summed E-state index contributed by atoms with van der Waals surface area (Å²) in [4.78, 5) is 26.8. The van der Waals surface area contributed by atoms with Crippen molar-refractivity contribution in [3.05, 3.63) is 0 Å². The van der Waals surface area contributed by atoms with Gasteiger partial charge in [0.05, 0.1) is 11.8 Å². The Balaban J connectivity index is 2.47. The summed E-state index contributed by atoms with van der Waals surface area (Å²) in [6.07, 6.45) is 14.7. The number of primary amides is 1. The molecule has 0 aromatic carbocycles. The second kappa shape index (κ2) is 14.9. The Morgan fingerprint density at radius 1 is 0.778 bits per heavy atom. The van der Waals surface area contributed by atoms with Gasteiger partial charge in [0.15, 0.2) is 0 Å². The lowest BCUT2D eigenvalue weighted by Crippen LogP contribution is -2.43. The van der Waals surface area contributed by atoms with Gasteiger partial charge in [-0.3, -0.25) is 9.59 Å². The smallest absolute Gasteiger partial charge is 0.227 e. The molecule has 0 aliphatic carbocycles. The summed E-state index contributed by atoms with van der Waals surface area (Å²) in [5, 5.41) is 3.17. The van der Waals surface area contributed by atoms with E-state index in [0.717, 1.165) is 25.9 Å². The van der Waals surface area contributed by atoms with Gasteiger partial charge in [-0.1, -0.05) is 78.1 Å². The number of rotatable bonds is 16. The molecule has 0 bridgehead atoms. The van der Waals surface area contributed by atoms with Crippen LogP contribution in [0.3, 0.4) is 0 Å². The highest BCUT2D eigenvalue weighted by Gasteiger charge is 2.38. The van der Waals surface area contributed by atoms with E-state index < -0.39 is 0 Å². The van der Waals surface area contributed by atoms with Crippen molar-refractivity contribution >= 4 is 11.8 Å². The zero-order chi connectivity index (χ0) is 19.9. The molecule has 5 heteroatoms. The van der Waals surface area contributed by atoms with E-state index in [1.165, 1.54) is 64.2 Å². The maximum Gasteiger partial charge on any atom is 0.227 e. The Labute approximate surface area is 166 Å². The van der Waals surface area contributed by atoms with Gasteiger partial charge in [-0.05, 0) is 12.8 Å². The Hall–Kier alpha value is -1.10. The molecule has 0 radical (unpaired) electrons. The van der Waals surface area contributed by atoms with Crippen LogP contribution in [-0.2, 0) is 9.59 Å². The normalized spacial score (nSPS) is 19.3. The van der Waals surface area contributed by atoms with E-state index >= 15 is 0 Å². The first-order valence-electron chi connectivity index (χ1n) is 11.4. The molecule has 2 unspecified atom stereocenters. The minimum absolute atomic E-state index is 0.130. The average molecular weight is 382 g/mol. The molecule has 5 nitrogen and oxygen atoms in total. The highest BCUT2D eigenvalue weighted by atomic mass is 16.2. The second-order valence-electron chi connectivity index (χ2n) is 8.13. The minimum atomic E-state index is -0.353. The number of hydrogen-bond donors (Lipinski definition) is 2. The fourth-order valence-corrected chi connectivity index (χ4v) is 3.97. The van der Waals surface area contributed by atoms with E-state index in [9.17, 15) is 9.59 Å². The molecule has 0 saturated carbocycles.